The zero-order chi connectivity index (χ0) is 17.4. The van der Waals surface area contributed by atoms with E-state index in [-0.39, 0.29) is 0 Å². The highest BCUT2D eigenvalue weighted by Crippen LogP contribution is 2.36. The Balaban J connectivity index is 1.62. The summed E-state index contributed by atoms with van der Waals surface area (Å²) in [6.45, 7) is 2.08. The quantitative estimate of drug-likeness (QED) is 0.484. The van der Waals surface area contributed by atoms with E-state index < -0.39 is 0 Å². The molecular formula is C19H14Br2N2O2. The zero-order valence-electron chi connectivity index (χ0n) is 13.3. The van der Waals surface area contributed by atoms with Crippen LogP contribution in [-0.4, -0.2) is 4.98 Å². The highest BCUT2D eigenvalue weighted by Gasteiger charge is 2.16. The van der Waals surface area contributed by atoms with Gasteiger partial charge in [-0.25, -0.2) is 4.98 Å². The molecule has 0 fully saturated rings. The van der Waals surface area contributed by atoms with E-state index in [0.29, 0.717) is 11.8 Å². The first kappa shape index (κ1) is 16.4. The summed E-state index contributed by atoms with van der Waals surface area (Å²) >= 11 is 6.91. The molecule has 0 atom stereocenters. The summed E-state index contributed by atoms with van der Waals surface area (Å²) in [5.41, 5.74) is 3.60. The molecule has 6 heteroatoms. The topological polar surface area (TPSA) is 47.3 Å². The standard InChI is InChI=1S/C19H14Br2N2O2/c1-2-11(7-18-22-14-9-12(20)3-5-16(14)24-18)8-19-23-15-10-13(21)4-6-17(15)25-19/h3-10,22H,2H2,1H3/b11-8-,18-7?. The monoisotopic (exact) mass is 460 g/mol. The summed E-state index contributed by atoms with van der Waals surface area (Å²) in [6.07, 6.45) is 4.74. The van der Waals surface area contributed by atoms with E-state index in [4.69, 9.17) is 9.15 Å². The molecule has 0 amide bonds. The number of benzene rings is 2. The van der Waals surface area contributed by atoms with Gasteiger partial charge in [0.25, 0.3) is 0 Å². The van der Waals surface area contributed by atoms with Gasteiger partial charge in [-0.3, -0.25) is 0 Å². The van der Waals surface area contributed by atoms with Crippen LogP contribution < -0.4 is 10.1 Å². The number of ether oxygens (including phenoxy) is 1. The number of rotatable bonds is 3. The SMILES string of the molecule is CC/C(C=C1Nc2cc(Br)ccc2O1)=C/c1nc2cc(Br)ccc2o1. The lowest BCUT2D eigenvalue weighted by molar-refractivity contribution is 0.456. The lowest BCUT2D eigenvalue weighted by atomic mass is 10.2. The molecule has 25 heavy (non-hydrogen) atoms. The molecule has 0 aliphatic carbocycles. The number of halogens is 2. The van der Waals surface area contributed by atoms with Crippen molar-refractivity contribution >= 4 is 54.7 Å². The van der Waals surface area contributed by atoms with Crippen molar-refractivity contribution in [2.75, 3.05) is 5.32 Å². The maximum Gasteiger partial charge on any atom is 0.220 e. The maximum absolute atomic E-state index is 5.84. The van der Waals surface area contributed by atoms with Crippen molar-refractivity contribution < 1.29 is 9.15 Å². The van der Waals surface area contributed by atoms with Crippen LogP contribution in [0.1, 0.15) is 19.2 Å². The van der Waals surface area contributed by atoms with E-state index in [1.807, 2.05) is 48.6 Å². The molecule has 1 aromatic heterocycles. The molecule has 0 bridgehead atoms. The van der Waals surface area contributed by atoms with Gasteiger partial charge in [-0.1, -0.05) is 38.8 Å². The van der Waals surface area contributed by atoms with Gasteiger partial charge in [-0.2, -0.15) is 0 Å². The third kappa shape index (κ3) is 3.50. The summed E-state index contributed by atoms with van der Waals surface area (Å²) < 4.78 is 13.6. The van der Waals surface area contributed by atoms with Gasteiger partial charge < -0.3 is 14.5 Å². The maximum atomic E-state index is 5.84. The van der Waals surface area contributed by atoms with Crippen LogP contribution in [0.25, 0.3) is 17.2 Å². The first-order valence-electron chi connectivity index (χ1n) is 7.83. The van der Waals surface area contributed by atoms with Gasteiger partial charge in [0.05, 0.1) is 5.69 Å². The third-order valence-electron chi connectivity index (χ3n) is 3.82. The van der Waals surface area contributed by atoms with Gasteiger partial charge in [-0.15, -0.1) is 0 Å². The van der Waals surface area contributed by atoms with Crippen LogP contribution in [-0.2, 0) is 0 Å². The third-order valence-corrected chi connectivity index (χ3v) is 4.81. The van der Waals surface area contributed by atoms with Crippen LogP contribution in [0, 0.1) is 0 Å². The number of nitrogens with one attached hydrogen (secondary N) is 1. The smallest absolute Gasteiger partial charge is 0.220 e. The van der Waals surface area contributed by atoms with Crippen LogP contribution in [0.4, 0.5) is 5.69 Å². The molecule has 1 N–H and O–H groups in total. The predicted octanol–water partition coefficient (Wildman–Crippen LogP) is 6.49. The number of allylic oxidation sites excluding steroid dienone is 2. The minimum atomic E-state index is 0.583. The van der Waals surface area contributed by atoms with Crippen molar-refractivity contribution in [3.63, 3.8) is 0 Å². The minimum Gasteiger partial charge on any atom is -0.439 e. The molecule has 0 saturated heterocycles. The number of hydrogen-bond acceptors (Lipinski definition) is 4. The van der Waals surface area contributed by atoms with E-state index in [1.54, 1.807) is 0 Å². The van der Waals surface area contributed by atoms with Gasteiger partial charge in [0, 0.05) is 21.1 Å². The normalized spacial score (nSPS) is 15.3. The average Bonchev–Trinajstić information content (AvgIpc) is 3.16. The Morgan fingerprint density at radius 2 is 1.96 bits per heavy atom. The van der Waals surface area contributed by atoms with Crippen LogP contribution in [0.15, 0.2) is 67.3 Å². The molecule has 3 aromatic rings. The second-order valence-electron chi connectivity index (χ2n) is 5.61. The fourth-order valence-electron chi connectivity index (χ4n) is 2.58. The summed E-state index contributed by atoms with van der Waals surface area (Å²) in [5.74, 6) is 2.09. The molecule has 4 nitrogen and oxygen atoms in total. The number of oxazole rings is 1. The Labute approximate surface area is 161 Å². The molecule has 0 spiro atoms. The van der Waals surface area contributed by atoms with E-state index in [0.717, 1.165) is 43.5 Å². The Hall–Kier alpha value is -2.05. The highest BCUT2D eigenvalue weighted by molar-refractivity contribution is 9.10. The van der Waals surface area contributed by atoms with Crippen molar-refractivity contribution in [2.24, 2.45) is 0 Å². The number of aromatic nitrogens is 1. The van der Waals surface area contributed by atoms with E-state index in [2.05, 4.69) is 49.1 Å². The molecule has 0 unspecified atom stereocenters. The van der Waals surface area contributed by atoms with Crippen LogP contribution >= 0.6 is 31.9 Å². The number of anilines is 1. The van der Waals surface area contributed by atoms with Crippen LogP contribution in [0.5, 0.6) is 5.75 Å². The van der Waals surface area contributed by atoms with Gasteiger partial charge in [0.15, 0.2) is 17.2 Å². The lowest BCUT2D eigenvalue weighted by Gasteiger charge is -2.00. The molecule has 1 aliphatic rings. The second-order valence-corrected chi connectivity index (χ2v) is 7.44. The zero-order valence-corrected chi connectivity index (χ0v) is 16.5. The highest BCUT2D eigenvalue weighted by atomic mass is 79.9. The summed E-state index contributed by atoms with van der Waals surface area (Å²) in [4.78, 5) is 4.52. The van der Waals surface area contributed by atoms with Crippen molar-refractivity contribution in [1.29, 1.82) is 0 Å². The van der Waals surface area contributed by atoms with Crippen molar-refractivity contribution in [3.8, 4) is 5.75 Å². The fraction of sp³-hybridized carbons (Fsp3) is 0.105. The van der Waals surface area contributed by atoms with Gasteiger partial charge >= 0.3 is 0 Å². The van der Waals surface area contributed by atoms with Crippen molar-refractivity contribution in [1.82, 2.24) is 4.98 Å². The van der Waals surface area contributed by atoms with E-state index in [9.17, 15) is 0 Å². The lowest BCUT2D eigenvalue weighted by Crippen LogP contribution is -1.97. The Bertz CT molecular complexity index is 1020. The summed E-state index contributed by atoms with van der Waals surface area (Å²) in [6, 6.07) is 11.7. The second kappa shape index (κ2) is 6.69. The Morgan fingerprint density at radius 3 is 2.80 bits per heavy atom. The summed E-state index contributed by atoms with van der Waals surface area (Å²) in [7, 11) is 0. The Morgan fingerprint density at radius 1 is 1.16 bits per heavy atom. The Kier molecular flexibility index (Phi) is 4.39. The first-order chi connectivity index (χ1) is 12.1. The molecule has 4 rings (SSSR count). The van der Waals surface area contributed by atoms with Crippen LogP contribution in [0.3, 0.4) is 0 Å². The molecule has 1 aliphatic heterocycles. The molecule has 0 saturated carbocycles. The first-order valence-corrected chi connectivity index (χ1v) is 9.42. The van der Waals surface area contributed by atoms with E-state index in [1.165, 1.54) is 0 Å². The minimum absolute atomic E-state index is 0.583. The molecule has 126 valence electrons. The molecular weight excluding hydrogens is 448 g/mol. The molecule has 2 heterocycles. The van der Waals surface area contributed by atoms with Crippen molar-refractivity contribution in [3.05, 3.63) is 68.8 Å². The van der Waals surface area contributed by atoms with Gasteiger partial charge in [0.2, 0.25) is 5.89 Å². The largest absolute Gasteiger partial charge is 0.439 e. The molecule has 2 aromatic carbocycles. The average molecular weight is 462 g/mol. The summed E-state index contributed by atoms with van der Waals surface area (Å²) in [5, 5.41) is 3.27. The van der Waals surface area contributed by atoms with Gasteiger partial charge in [0.1, 0.15) is 5.52 Å². The number of hydrogen-bond donors (Lipinski definition) is 1. The molecule has 0 radical (unpaired) electrons. The van der Waals surface area contributed by atoms with E-state index >= 15 is 0 Å². The number of nitrogens with zero attached hydrogens (tertiary/aromatic N) is 1. The van der Waals surface area contributed by atoms with Crippen LogP contribution in [0.2, 0.25) is 0 Å². The predicted molar refractivity (Wildman–Crippen MR) is 106 cm³/mol. The fourth-order valence-corrected chi connectivity index (χ4v) is 3.29. The van der Waals surface area contributed by atoms with Gasteiger partial charge in [-0.05, 0) is 48.4 Å². The number of fused-ring (bicyclic) bond motifs is 2. The van der Waals surface area contributed by atoms with Crippen molar-refractivity contribution in [2.45, 2.75) is 13.3 Å².